The highest BCUT2D eigenvalue weighted by Gasteiger charge is 2.26. The van der Waals surface area contributed by atoms with Gasteiger partial charge in [-0.3, -0.25) is 14.3 Å². The highest BCUT2D eigenvalue weighted by atomic mass is 35.5. The van der Waals surface area contributed by atoms with Gasteiger partial charge in [-0.2, -0.15) is 0 Å². The monoisotopic (exact) mass is 334 g/mol. The van der Waals surface area contributed by atoms with Gasteiger partial charge in [0.2, 0.25) is 0 Å². The fourth-order valence-electron chi connectivity index (χ4n) is 3.02. The predicted octanol–water partition coefficient (Wildman–Crippen LogP) is 1.45. The fraction of sp³-hybridized carbons (Fsp3) is 0.692. The quantitative estimate of drug-likeness (QED) is 0.844. The standard InChI is InChI=1S/C13H19ClN2O4S/c1-8(7-21(2,19)20)16-12(17)10(9-5-3-4-6-9)11(14)15-13(16)18/h8-9H,3-7H2,1-2H3,(H,15,18). The van der Waals surface area contributed by atoms with E-state index >= 15 is 0 Å². The molecule has 1 saturated carbocycles. The smallest absolute Gasteiger partial charge is 0.297 e. The number of hydrogen-bond acceptors (Lipinski definition) is 4. The van der Waals surface area contributed by atoms with Gasteiger partial charge in [-0.25, -0.2) is 13.2 Å². The van der Waals surface area contributed by atoms with Gasteiger partial charge in [0, 0.05) is 6.26 Å². The average Bonchev–Trinajstić information content (AvgIpc) is 2.78. The molecule has 1 fully saturated rings. The van der Waals surface area contributed by atoms with E-state index in [1.807, 2.05) is 0 Å². The molecule has 0 radical (unpaired) electrons. The summed E-state index contributed by atoms with van der Waals surface area (Å²) in [5.41, 5.74) is -0.719. The molecule has 0 spiro atoms. The number of H-pyrrole nitrogens is 1. The number of sulfone groups is 1. The zero-order valence-electron chi connectivity index (χ0n) is 12.1. The van der Waals surface area contributed by atoms with E-state index in [-0.39, 0.29) is 16.8 Å². The molecule has 2 rings (SSSR count). The molecule has 1 atom stereocenters. The molecule has 1 N–H and O–H groups in total. The maximum atomic E-state index is 12.6. The summed E-state index contributed by atoms with van der Waals surface area (Å²) in [5.74, 6) is -0.222. The van der Waals surface area contributed by atoms with Crippen LogP contribution in [-0.2, 0) is 9.84 Å². The molecule has 1 aromatic heterocycles. The zero-order chi connectivity index (χ0) is 15.8. The zero-order valence-corrected chi connectivity index (χ0v) is 13.6. The molecule has 1 aliphatic rings. The maximum Gasteiger partial charge on any atom is 0.329 e. The summed E-state index contributed by atoms with van der Waals surface area (Å²) < 4.78 is 23.8. The second-order valence-corrected chi connectivity index (χ2v) is 8.32. The number of hydrogen-bond donors (Lipinski definition) is 1. The van der Waals surface area contributed by atoms with Crippen molar-refractivity contribution in [3.8, 4) is 0 Å². The Bertz CT molecular complexity index is 744. The van der Waals surface area contributed by atoms with Crippen LogP contribution in [0.25, 0.3) is 0 Å². The van der Waals surface area contributed by atoms with E-state index in [1.165, 1.54) is 0 Å². The van der Waals surface area contributed by atoms with Crippen molar-refractivity contribution >= 4 is 21.4 Å². The number of nitrogens with one attached hydrogen (secondary N) is 1. The van der Waals surface area contributed by atoms with Crippen molar-refractivity contribution in [3.63, 3.8) is 0 Å². The van der Waals surface area contributed by atoms with Crippen LogP contribution >= 0.6 is 11.6 Å². The number of aromatic amines is 1. The van der Waals surface area contributed by atoms with Gasteiger partial charge >= 0.3 is 5.69 Å². The van der Waals surface area contributed by atoms with Crippen molar-refractivity contribution in [1.82, 2.24) is 9.55 Å². The van der Waals surface area contributed by atoms with Crippen LogP contribution in [0.4, 0.5) is 0 Å². The molecule has 6 nitrogen and oxygen atoms in total. The minimum absolute atomic E-state index is 0.0403. The van der Waals surface area contributed by atoms with Crippen molar-refractivity contribution in [2.24, 2.45) is 0 Å². The van der Waals surface area contributed by atoms with E-state index in [1.54, 1.807) is 6.92 Å². The summed E-state index contributed by atoms with van der Waals surface area (Å²) in [5, 5.41) is 0.0831. The number of rotatable bonds is 4. The Balaban J connectivity index is 2.54. The molecule has 1 aromatic rings. The second kappa shape index (κ2) is 5.96. The van der Waals surface area contributed by atoms with Gasteiger partial charge < -0.3 is 0 Å². The third kappa shape index (κ3) is 3.58. The summed E-state index contributed by atoms with van der Waals surface area (Å²) in [6.45, 7) is 1.55. The molecular weight excluding hydrogens is 316 g/mol. The van der Waals surface area contributed by atoms with Gasteiger partial charge in [-0.15, -0.1) is 0 Å². The first-order valence-corrected chi connectivity index (χ1v) is 9.36. The first kappa shape index (κ1) is 16.3. The van der Waals surface area contributed by atoms with Crippen LogP contribution in [0, 0.1) is 0 Å². The van der Waals surface area contributed by atoms with Crippen molar-refractivity contribution < 1.29 is 8.42 Å². The molecule has 1 aliphatic carbocycles. The fourth-order valence-corrected chi connectivity index (χ4v) is 4.36. The van der Waals surface area contributed by atoms with Crippen molar-refractivity contribution in [2.45, 2.75) is 44.6 Å². The van der Waals surface area contributed by atoms with E-state index in [9.17, 15) is 18.0 Å². The molecule has 0 aromatic carbocycles. The lowest BCUT2D eigenvalue weighted by Gasteiger charge is -2.17. The third-order valence-corrected chi connectivity index (χ3v) is 5.26. The Labute approximate surface area is 128 Å². The van der Waals surface area contributed by atoms with Crippen LogP contribution in [0.2, 0.25) is 5.15 Å². The molecule has 21 heavy (non-hydrogen) atoms. The molecule has 0 saturated heterocycles. The van der Waals surface area contributed by atoms with E-state index in [0.29, 0.717) is 5.56 Å². The average molecular weight is 335 g/mol. The van der Waals surface area contributed by atoms with Gasteiger partial charge in [0.1, 0.15) is 15.0 Å². The third-order valence-electron chi connectivity index (χ3n) is 3.87. The summed E-state index contributed by atoms with van der Waals surface area (Å²) in [6.07, 6.45) is 4.86. The molecule has 0 bridgehead atoms. The van der Waals surface area contributed by atoms with Gasteiger partial charge in [-0.05, 0) is 25.7 Å². The molecule has 0 aliphatic heterocycles. The Hall–Kier alpha value is -1.08. The number of nitrogens with zero attached hydrogens (tertiary/aromatic N) is 1. The van der Waals surface area contributed by atoms with Crippen LogP contribution in [0.5, 0.6) is 0 Å². The highest BCUT2D eigenvalue weighted by Crippen LogP contribution is 2.34. The number of aromatic nitrogens is 2. The summed E-state index contributed by atoms with van der Waals surface area (Å²) in [6, 6.07) is -0.728. The molecule has 8 heteroatoms. The van der Waals surface area contributed by atoms with Gasteiger partial charge in [-0.1, -0.05) is 24.4 Å². The summed E-state index contributed by atoms with van der Waals surface area (Å²) in [4.78, 5) is 27.0. The largest absolute Gasteiger partial charge is 0.329 e. The second-order valence-electron chi connectivity index (χ2n) is 5.76. The molecule has 1 unspecified atom stereocenters. The Kier molecular flexibility index (Phi) is 4.63. The minimum atomic E-state index is -3.29. The van der Waals surface area contributed by atoms with Crippen LogP contribution in [0.15, 0.2) is 9.59 Å². The van der Waals surface area contributed by atoms with Crippen LogP contribution < -0.4 is 11.2 Å². The topological polar surface area (TPSA) is 89.0 Å². The summed E-state index contributed by atoms with van der Waals surface area (Å²) in [7, 11) is -3.29. The van der Waals surface area contributed by atoms with Crippen molar-refractivity contribution in [2.75, 3.05) is 12.0 Å². The molecule has 1 heterocycles. The minimum Gasteiger partial charge on any atom is -0.297 e. The first-order valence-electron chi connectivity index (χ1n) is 6.92. The van der Waals surface area contributed by atoms with Gasteiger partial charge in [0.05, 0.1) is 17.4 Å². The highest BCUT2D eigenvalue weighted by molar-refractivity contribution is 7.90. The maximum absolute atomic E-state index is 12.6. The van der Waals surface area contributed by atoms with Crippen LogP contribution in [-0.4, -0.2) is 30.0 Å². The van der Waals surface area contributed by atoms with Crippen molar-refractivity contribution in [3.05, 3.63) is 31.6 Å². The Morgan fingerprint density at radius 2 is 1.90 bits per heavy atom. The lowest BCUT2D eigenvalue weighted by molar-refractivity contribution is 0.520. The lowest BCUT2D eigenvalue weighted by Crippen LogP contribution is -2.41. The summed E-state index contributed by atoms with van der Waals surface area (Å²) >= 11 is 6.04. The molecular formula is C13H19ClN2O4S. The predicted molar refractivity (Wildman–Crippen MR) is 82.0 cm³/mol. The Morgan fingerprint density at radius 3 is 2.43 bits per heavy atom. The molecule has 0 amide bonds. The van der Waals surface area contributed by atoms with Gasteiger partial charge in [0.25, 0.3) is 5.56 Å². The van der Waals surface area contributed by atoms with Gasteiger partial charge in [0.15, 0.2) is 0 Å². The number of halogens is 1. The van der Waals surface area contributed by atoms with Crippen molar-refractivity contribution in [1.29, 1.82) is 0 Å². The van der Waals surface area contributed by atoms with E-state index < -0.39 is 27.1 Å². The van der Waals surface area contributed by atoms with E-state index in [4.69, 9.17) is 11.6 Å². The molecule has 118 valence electrons. The van der Waals surface area contributed by atoms with E-state index in [0.717, 1.165) is 36.5 Å². The van der Waals surface area contributed by atoms with E-state index in [2.05, 4.69) is 4.98 Å². The first-order chi connectivity index (χ1) is 9.70. The lowest BCUT2D eigenvalue weighted by atomic mass is 10.0. The SMILES string of the molecule is CC(CS(C)(=O)=O)n1c(=O)[nH]c(Cl)c(C2CCCC2)c1=O. The Morgan fingerprint density at radius 1 is 1.33 bits per heavy atom. The normalized spacial score (nSPS) is 18.0. The van der Waals surface area contributed by atoms with Crippen LogP contribution in [0.1, 0.15) is 50.1 Å². The van der Waals surface area contributed by atoms with Crippen LogP contribution in [0.3, 0.4) is 0 Å².